The van der Waals surface area contributed by atoms with Crippen molar-refractivity contribution in [3.63, 3.8) is 0 Å². The highest BCUT2D eigenvalue weighted by Crippen LogP contribution is 2.20. The third-order valence-corrected chi connectivity index (χ3v) is 3.78. The summed E-state index contributed by atoms with van der Waals surface area (Å²) in [6.07, 6.45) is 1.79. The Kier molecular flexibility index (Phi) is 6.36. The van der Waals surface area contributed by atoms with Gasteiger partial charge in [0.25, 0.3) is 5.91 Å². The Morgan fingerprint density at radius 1 is 1.33 bits per heavy atom. The number of rotatable bonds is 6. The van der Waals surface area contributed by atoms with Crippen LogP contribution in [0.3, 0.4) is 0 Å². The van der Waals surface area contributed by atoms with Gasteiger partial charge in [-0.25, -0.2) is 0 Å². The molecule has 4 heteroatoms. The summed E-state index contributed by atoms with van der Waals surface area (Å²) in [4.78, 5) is 14.3. The quantitative estimate of drug-likeness (QED) is 0.876. The number of halogens is 1. The van der Waals surface area contributed by atoms with E-state index in [1.807, 2.05) is 18.2 Å². The molecule has 0 aliphatic carbocycles. The second-order valence-electron chi connectivity index (χ2n) is 4.17. The molecule has 18 heavy (non-hydrogen) atoms. The van der Waals surface area contributed by atoms with E-state index in [-0.39, 0.29) is 18.6 Å². The number of hydrogen-bond acceptors (Lipinski definition) is 2. The molecule has 0 aliphatic heterocycles. The minimum Gasteiger partial charge on any atom is -0.395 e. The van der Waals surface area contributed by atoms with Crippen LogP contribution >= 0.6 is 15.9 Å². The number of aliphatic hydroxyl groups excluding tert-OH is 1. The van der Waals surface area contributed by atoms with Crippen LogP contribution in [0.1, 0.15) is 37.0 Å². The van der Waals surface area contributed by atoms with Gasteiger partial charge in [-0.15, -0.1) is 0 Å². The van der Waals surface area contributed by atoms with Gasteiger partial charge in [0.1, 0.15) is 0 Å². The molecular formula is C14H20BrNO2. The van der Waals surface area contributed by atoms with Crippen molar-refractivity contribution in [1.29, 1.82) is 0 Å². The number of amides is 1. The van der Waals surface area contributed by atoms with Crippen molar-refractivity contribution in [3.8, 4) is 0 Å². The summed E-state index contributed by atoms with van der Waals surface area (Å²) >= 11 is 3.40. The van der Waals surface area contributed by atoms with Gasteiger partial charge < -0.3 is 10.0 Å². The first-order valence-electron chi connectivity index (χ1n) is 6.32. The lowest BCUT2D eigenvalue weighted by atomic mass is 10.1. The predicted molar refractivity (Wildman–Crippen MR) is 76.6 cm³/mol. The number of hydrogen-bond donors (Lipinski definition) is 1. The molecule has 1 aromatic rings. The van der Waals surface area contributed by atoms with Crippen LogP contribution in [0.2, 0.25) is 0 Å². The smallest absolute Gasteiger partial charge is 0.255 e. The molecule has 1 amide bonds. The summed E-state index contributed by atoms with van der Waals surface area (Å²) < 4.78 is 0.795. The summed E-state index contributed by atoms with van der Waals surface area (Å²) in [5, 5.41) is 9.14. The van der Waals surface area contributed by atoms with Gasteiger partial charge in [-0.3, -0.25) is 4.79 Å². The SMILES string of the molecule is CCC(CC)N(CCO)C(=O)c1ccccc1Br. The van der Waals surface area contributed by atoms with Gasteiger partial charge in [-0.1, -0.05) is 26.0 Å². The largest absolute Gasteiger partial charge is 0.395 e. The van der Waals surface area contributed by atoms with E-state index >= 15 is 0 Å². The minimum absolute atomic E-state index is 0.00725. The molecule has 0 unspecified atom stereocenters. The summed E-state index contributed by atoms with van der Waals surface area (Å²) in [7, 11) is 0. The number of carbonyl (C=O) groups excluding carboxylic acids is 1. The van der Waals surface area contributed by atoms with Gasteiger partial charge in [-0.05, 0) is 40.9 Å². The van der Waals surface area contributed by atoms with E-state index in [0.29, 0.717) is 12.1 Å². The Balaban J connectivity index is 2.99. The van der Waals surface area contributed by atoms with Crippen molar-refractivity contribution in [3.05, 3.63) is 34.3 Å². The molecule has 0 aromatic heterocycles. The topological polar surface area (TPSA) is 40.5 Å². The highest BCUT2D eigenvalue weighted by atomic mass is 79.9. The Labute approximate surface area is 117 Å². The van der Waals surface area contributed by atoms with Crippen LogP contribution in [-0.4, -0.2) is 35.1 Å². The zero-order chi connectivity index (χ0) is 13.5. The van der Waals surface area contributed by atoms with Gasteiger partial charge in [0.2, 0.25) is 0 Å². The fourth-order valence-electron chi connectivity index (χ4n) is 2.08. The summed E-state index contributed by atoms with van der Waals surface area (Å²) in [6.45, 7) is 4.50. The molecule has 1 rings (SSSR count). The van der Waals surface area contributed by atoms with Crippen molar-refractivity contribution in [2.24, 2.45) is 0 Å². The van der Waals surface area contributed by atoms with Crippen molar-refractivity contribution < 1.29 is 9.90 Å². The second kappa shape index (κ2) is 7.54. The molecule has 0 atom stereocenters. The van der Waals surface area contributed by atoms with E-state index in [4.69, 9.17) is 5.11 Å². The monoisotopic (exact) mass is 313 g/mol. The van der Waals surface area contributed by atoms with Crippen molar-refractivity contribution in [2.45, 2.75) is 32.7 Å². The van der Waals surface area contributed by atoms with Crippen LogP contribution in [0, 0.1) is 0 Å². The zero-order valence-electron chi connectivity index (χ0n) is 10.9. The summed E-state index contributed by atoms with van der Waals surface area (Å²) in [5.41, 5.74) is 0.651. The molecular weight excluding hydrogens is 294 g/mol. The number of aliphatic hydroxyl groups is 1. The normalized spacial score (nSPS) is 10.7. The number of carbonyl (C=O) groups is 1. The molecule has 0 saturated heterocycles. The van der Waals surface area contributed by atoms with E-state index in [2.05, 4.69) is 29.8 Å². The maximum absolute atomic E-state index is 12.5. The molecule has 0 spiro atoms. The van der Waals surface area contributed by atoms with Crippen LogP contribution in [0.4, 0.5) is 0 Å². The fraction of sp³-hybridized carbons (Fsp3) is 0.500. The average Bonchev–Trinajstić information content (AvgIpc) is 2.39. The predicted octanol–water partition coefficient (Wildman–Crippen LogP) is 3.07. The molecule has 0 radical (unpaired) electrons. The minimum atomic E-state index is -0.0229. The second-order valence-corrected chi connectivity index (χ2v) is 5.03. The van der Waals surface area contributed by atoms with E-state index in [1.165, 1.54) is 0 Å². The summed E-state index contributed by atoms with van der Waals surface area (Å²) in [6, 6.07) is 7.57. The first-order valence-corrected chi connectivity index (χ1v) is 7.11. The molecule has 0 saturated carbocycles. The molecule has 100 valence electrons. The Morgan fingerprint density at radius 2 is 1.94 bits per heavy atom. The number of benzene rings is 1. The first kappa shape index (κ1) is 15.2. The van der Waals surface area contributed by atoms with Gasteiger partial charge in [0, 0.05) is 17.1 Å². The van der Waals surface area contributed by atoms with Gasteiger partial charge in [0.15, 0.2) is 0 Å². The van der Waals surface area contributed by atoms with E-state index in [0.717, 1.165) is 17.3 Å². The van der Waals surface area contributed by atoms with Gasteiger partial charge in [0.05, 0.1) is 12.2 Å². The highest BCUT2D eigenvalue weighted by molar-refractivity contribution is 9.10. The summed E-state index contributed by atoms with van der Waals surface area (Å²) in [5.74, 6) is -0.0229. The molecule has 1 aromatic carbocycles. The van der Waals surface area contributed by atoms with Crippen molar-refractivity contribution >= 4 is 21.8 Å². The van der Waals surface area contributed by atoms with Crippen molar-refractivity contribution in [2.75, 3.05) is 13.2 Å². The Hall–Kier alpha value is -0.870. The molecule has 0 heterocycles. The lowest BCUT2D eigenvalue weighted by molar-refractivity contribution is 0.0621. The molecule has 1 N–H and O–H groups in total. The van der Waals surface area contributed by atoms with E-state index in [9.17, 15) is 4.79 Å². The molecule has 3 nitrogen and oxygen atoms in total. The average molecular weight is 314 g/mol. The number of nitrogens with zero attached hydrogens (tertiary/aromatic N) is 1. The third-order valence-electron chi connectivity index (χ3n) is 3.09. The molecule has 0 bridgehead atoms. The molecule has 0 aliphatic rings. The Bertz CT molecular complexity index is 391. The van der Waals surface area contributed by atoms with Crippen LogP contribution in [0.25, 0.3) is 0 Å². The van der Waals surface area contributed by atoms with E-state index in [1.54, 1.807) is 11.0 Å². The Morgan fingerprint density at radius 3 is 2.44 bits per heavy atom. The van der Waals surface area contributed by atoms with Crippen LogP contribution in [0.5, 0.6) is 0 Å². The van der Waals surface area contributed by atoms with Crippen LogP contribution < -0.4 is 0 Å². The van der Waals surface area contributed by atoms with Gasteiger partial charge >= 0.3 is 0 Å². The van der Waals surface area contributed by atoms with Crippen LogP contribution in [-0.2, 0) is 0 Å². The fourth-order valence-corrected chi connectivity index (χ4v) is 2.53. The highest BCUT2D eigenvalue weighted by Gasteiger charge is 2.23. The molecule has 0 fully saturated rings. The lowest BCUT2D eigenvalue weighted by Crippen LogP contribution is -2.41. The zero-order valence-corrected chi connectivity index (χ0v) is 12.5. The first-order chi connectivity index (χ1) is 8.65. The van der Waals surface area contributed by atoms with Crippen molar-refractivity contribution in [1.82, 2.24) is 4.90 Å². The standard InChI is InChI=1S/C14H20BrNO2/c1-3-11(4-2)16(9-10-17)14(18)12-7-5-6-8-13(12)15/h5-8,11,17H,3-4,9-10H2,1-2H3. The maximum Gasteiger partial charge on any atom is 0.255 e. The van der Waals surface area contributed by atoms with Gasteiger partial charge in [-0.2, -0.15) is 0 Å². The van der Waals surface area contributed by atoms with Crippen LogP contribution in [0.15, 0.2) is 28.7 Å². The third kappa shape index (κ3) is 3.56. The van der Waals surface area contributed by atoms with E-state index < -0.39 is 0 Å². The maximum atomic E-state index is 12.5. The lowest BCUT2D eigenvalue weighted by Gasteiger charge is -2.30.